The van der Waals surface area contributed by atoms with Crippen molar-refractivity contribution in [3.63, 3.8) is 0 Å². The van der Waals surface area contributed by atoms with Crippen LogP contribution in [0.4, 0.5) is 0 Å². The second-order valence-electron chi connectivity index (χ2n) is 17.6. The van der Waals surface area contributed by atoms with E-state index in [4.69, 9.17) is 0 Å². The van der Waals surface area contributed by atoms with Crippen molar-refractivity contribution in [3.8, 4) is 55.6 Å². The minimum absolute atomic E-state index is 0.563. The molecule has 0 atom stereocenters. The number of hydrogen-bond acceptors (Lipinski definition) is 0. The van der Waals surface area contributed by atoms with Gasteiger partial charge >= 0.3 is 0 Å². The van der Waals surface area contributed by atoms with Gasteiger partial charge in [-0.3, -0.25) is 0 Å². The van der Waals surface area contributed by atoms with Crippen LogP contribution in [0, 0.1) is 0 Å². The van der Waals surface area contributed by atoms with Gasteiger partial charge in [0.15, 0.2) is 0 Å². The van der Waals surface area contributed by atoms with Crippen molar-refractivity contribution in [2.24, 2.45) is 0 Å². The molecule has 0 spiro atoms. The second kappa shape index (κ2) is 14.9. The standard InChI is InChI=1S/C65H42/c1-5-29-55-47(17-1)39-48-18-2-6-30-56(48)63(55)51-25-13-21-43(37-51)45-23-15-27-53(41-45)65(61-35-11-9-33-59(61)60-34-10-12-36-62(60)65)54-28-16-24-46(42-54)44-22-14-26-52(38-44)64-57-31-7-3-19-49(57)40-50-20-4-8-32-58(50)64/h1-42H. The Hall–Kier alpha value is -8.32. The Labute approximate surface area is 379 Å². The monoisotopic (exact) mass is 822 g/mol. The van der Waals surface area contributed by atoms with E-state index in [9.17, 15) is 0 Å². The van der Waals surface area contributed by atoms with E-state index >= 15 is 0 Å². The van der Waals surface area contributed by atoms with E-state index in [-0.39, 0.29) is 0 Å². The minimum Gasteiger partial charge on any atom is -0.0619 e. The van der Waals surface area contributed by atoms with Crippen molar-refractivity contribution in [2.45, 2.75) is 5.41 Å². The maximum atomic E-state index is 2.46. The molecule has 0 bridgehead atoms. The molecule has 1 aliphatic rings. The van der Waals surface area contributed by atoms with E-state index in [0.29, 0.717) is 0 Å². The third-order valence-corrected chi connectivity index (χ3v) is 14.1. The molecule has 302 valence electrons. The number of rotatable bonds is 6. The smallest absolute Gasteiger partial charge is 0.0619 e. The Kier molecular flexibility index (Phi) is 8.54. The fourth-order valence-corrected chi connectivity index (χ4v) is 11.2. The second-order valence-corrected chi connectivity index (χ2v) is 17.6. The van der Waals surface area contributed by atoms with Gasteiger partial charge in [0.2, 0.25) is 0 Å². The lowest BCUT2D eigenvalue weighted by molar-refractivity contribution is 0.769. The maximum Gasteiger partial charge on any atom is 0.0713 e. The maximum absolute atomic E-state index is 2.46. The van der Waals surface area contributed by atoms with Crippen LogP contribution in [0.15, 0.2) is 255 Å². The molecule has 0 aromatic heterocycles. The van der Waals surface area contributed by atoms with Gasteiger partial charge in [0, 0.05) is 0 Å². The van der Waals surface area contributed by atoms with Crippen molar-refractivity contribution in [1.29, 1.82) is 0 Å². The molecule has 0 aliphatic heterocycles. The van der Waals surface area contributed by atoms with Crippen molar-refractivity contribution in [1.82, 2.24) is 0 Å². The molecule has 0 heteroatoms. The molecule has 65 heavy (non-hydrogen) atoms. The van der Waals surface area contributed by atoms with Crippen LogP contribution in [0.3, 0.4) is 0 Å². The van der Waals surface area contributed by atoms with Gasteiger partial charge in [0.25, 0.3) is 0 Å². The van der Waals surface area contributed by atoms with Crippen molar-refractivity contribution in [3.05, 3.63) is 277 Å². The quantitative estimate of drug-likeness (QED) is 0.147. The van der Waals surface area contributed by atoms with Gasteiger partial charge in [-0.2, -0.15) is 0 Å². The molecule has 0 N–H and O–H groups in total. The van der Waals surface area contributed by atoms with Crippen LogP contribution in [0.1, 0.15) is 22.3 Å². The van der Waals surface area contributed by atoms with Crippen LogP contribution in [-0.2, 0) is 5.41 Å². The highest BCUT2D eigenvalue weighted by atomic mass is 14.5. The van der Waals surface area contributed by atoms with Crippen LogP contribution in [0.5, 0.6) is 0 Å². The number of benzene rings is 12. The highest BCUT2D eigenvalue weighted by molar-refractivity contribution is 6.14. The first-order valence-corrected chi connectivity index (χ1v) is 22.7. The fourth-order valence-electron chi connectivity index (χ4n) is 11.2. The zero-order valence-corrected chi connectivity index (χ0v) is 35.7. The molecule has 12 aromatic carbocycles. The summed E-state index contributed by atoms with van der Waals surface area (Å²) >= 11 is 0. The lowest BCUT2D eigenvalue weighted by Crippen LogP contribution is -2.28. The van der Waals surface area contributed by atoms with Gasteiger partial charge in [-0.25, -0.2) is 0 Å². The first kappa shape index (κ1) is 37.3. The molecule has 0 fully saturated rings. The summed E-state index contributed by atoms with van der Waals surface area (Å²) in [6, 6.07) is 94.9. The molecule has 12 aromatic rings. The molecular weight excluding hydrogens is 781 g/mol. The summed E-state index contributed by atoms with van der Waals surface area (Å²) in [7, 11) is 0. The summed E-state index contributed by atoms with van der Waals surface area (Å²) in [5.74, 6) is 0. The highest BCUT2D eigenvalue weighted by Gasteiger charge is 2.46. The topological polar surface area (TPSA) is 0 Å². The highest BCUT2D eigenvalue weighted by Crippen LogP contribution is 2.57. The first-order chi connectivity index (χ1) is 32.2. The molecule has 13 rings (SSSR count). The van der Waals surface area contributed by atoms with Crippen molar-refractivity contribution >= 4 is 43.1 Å². The van der Waals surface area contributed by atoms with Gasteiger partial charge < -0.3 is 0 Å². The van der Waals surface area contributed by atoms with Gasteiger partial charge in [-0.1, -0.05) is 218 Å². The van der Waals surface area contributed by atoms with E-state index < -0.39 is 5.41 Å². The van der Waals surface area contributed by atoms with Crippen LogP contribution >= 0.6 is 0 Å². The summed E-state index contributed by atoms with van der Waals surface area (Å²) in [6.07, 6.45) is 0. The Balaban J connectivity index is 0.994. The molecule has 0 saturated heterocycles. The summed E-state index contributed by atoms with van der Waals surface area (Å²) in [5.41, 5.74) is 16.9. The average molecular weight is 823 g/mol. The summed E-state index contributed by atoms with van der Waals surface area (Å²) < 4.78 is 0. The fraction of sp³-hybridized carbons (Fsp3) is 0.0154. The van der Waals surface area contributed by atoms with Crippen molar-refractivity contribution in [2.75, 3.05) is 0 Å². The Morgan fingerprint density at radius 1 is 0.215 bits per heavy atom. The van der Waals surface area contributed by atoms with E-state index in [1.54, 1.807) is 0 Å². The van der Waals surface area contributed by atoms with Gasteiger partial charge in [-0.15, -0.1) is 0 Å². The molecule has 0 nitrogen and oxygen atoms in total. The average Bonchev–Trinajstić information content (AvgIpc) is 3.68. The van der Waals surface area contributed by atoms with E-state index in [1.165, 1.54) is 121 Å². The molecule has 0 saturated carbocycles. The summed E-state index contributed by atoms with van der Waals surface area (Å²) in [4.78, 5) is 0. The largest absolute Gasteiger partial charge is 0.0713 e. The van der Waals surface area contributed by atoms with Gasteiger partial charge in [0.05, 0.1) is 5.41 Å². The van der Waals surface area contributed by atoms with Gasteiger partial charge in [0.1, 0.15) is 0 Å². The Bertz CT molecular complexity index is 3490. The first-order valence-electron chi connectivity index (χ1n) is 22.7. The van der Waals surface area contributed by atoms with Crippen LogP contribution < -0.4 is 0 Å². The zero-order chi connectivity index (χ0) is 42.9. The van der Waals surface area contributed by atoms with Crippen molar-refractivity contribution < 1.29 is 0 Å². The van der Waals surface area contributed by atoms with Gasteiger partial charge in [-0.05, 0) is 157 Å². The molecule has 1 aliphatic carbocycles. The lowest BCUT2D eigenvalue weighted by atomic mass is 9.67. The number of hydrogen-bond donors (Lipinski definition) is 0. The van der Waals surface area contributed by atoms with Crippen LogP contribution in [0.2, 0.25) is 0 Å². The molecular formula is C65H42. The normalized spacial score (nSPS) is 12.7. The molecule has 0 unspecified atom stereocenters. The van der Waals surface area contributed by atoms with Crippen LogP contribution in [-0.4, -0.2) is 0 Å². The SMILES string of the molecule is c1cc(-c2cccc(C3(c4cccc(-c5cccc(-c6c7ccccc7cc7ccccc67)c5)c4)c4ccccc4-c4ccccc43)c2)cc(-c2c3ccccc3cc3ccccc23)c1. The third-order valence-electron chi connectivity index (χ3n) is 14.1. The lowest BCUT2D eigenvalue weighted by Gasteiger charge is -2.34. The minimum atomic E-state index is -0.563. The van der Waals surface area contributed by atoms with E-state index in [2.05, 4.69) is 255 Å². The predicted octanol–water partition coefficient (Wildman–Crippen LogP) is 17.3. The third kappa shape index (κ3) is 5.84. The predicted molar refractivity (Wildman–Crippen MR) is 276 cm³/mol. The molecule has 0 radical (unpaired) electrons. The Morgan fingerprint density at radius 3 is 0.923 bits per heavy atom. The van der Waals surface area contributed by atoms with E-state index in [1.807, 2.05) is 0 Å². The Morgan fingerprint density at radius 2 is 0.523 bits per heavy atom. The number of fused-ring (bicyclic) bond motifs is 7. The van der Waals surface area contributed by atoms with E-state index in [0.717, 1.165) is 0 Å². The zero-order valence-electron chi connectivity index (χ0n) is 35.7. The van der Waals surface area contributed by atoms with Crippen LogP contribution in [0.25, 0.3) is 98.7 Å². The molecule has 0 amide bonds. The summed E-state index contributed by atoms with van der Waals surface area (Å²) in [5, 5.41) is 10.1. The molecule has 0 heterocycles. The summed E-state index contributed by atoms with van der Waals surface area (Å²) in [6.45, 7) is 0.